The second-order valence-electron chi connectivity index (χ2n) is 5.81. The van der Waals surface area contributed by atoms with Crippen molar-refractivity contribution in [3.05, 3.63) is 76.8 Å². The molecule has 7 nitrogen and oxygen atoms in total. The number of hydrogen-bond donors (Lipinski definition) is 3. The van der Waals surface area contributed by atoms with Crippen molar-refractivity contribution in [2.24, 2.45) is 0 Å². The van der Waals surface area contributed by atoms with Gasteiger partial charge < -0.3 is 10.6 Å². The van der Waals surface area contributed by atoms with Crippen LogP contribution in [0.4, 0.5) is 10.8 Å². The van der Waals surface area contributed by atoms with Crippen LogP contribution in [0.2, 0.25) is 0 Å². The zero-order valence-corrected chi connectivity index (χ0v) is 15.9. The van der Waals surface area contributed by atoms with Gasteiger partial charge in [-0.2, -0.15) is 0 Å². The van der Waals surface area contributed by atoms with Crippen LogP contribution >= 0.6 is 11.3 Å². The quantitative estimate of drug-likeness (QED) is 0.598. The van der Waals surface area contributed by atoms with Crippen molar-refractivity contribution < 1.29 is 14.4 Å². The number of amides is 3. The summed E-state index contributed by atoms with van der Waals surface area (Å²) in [7, 11) is 1.53. The maximum atomic E-state index is 12.3. The molecule has 0 aliphatic rings. The number of carbonyl (C=O) groups is 3. The molecule has 8 heteroatoms. The van der Waals surface area contributed by atoms with Crippen LogP contribution in [0.1, 0.15) is 26.4 Å². The summed E-state index contributed by atoms with van der Waals surface area (Å²) in [4.78, 5) is 40.6. The van der Waals surface area contributed by atoms with E-state index in [1.165, 1.54) is 18.4 Å². The fourth-order valence-corrected chi connectivity index (χ4v) is 3.19. The van der Waals surface area contributed by atoms with Crippen molar-refractivity contribution in [2.75, 3.05) is 17.7 Å². The summed E-state index contributed by atoms with van der Waals surface area (Å²) in [5, 5.41) is 10.1. The number of rotatable bonds is 6. The predicted octanol–water partition coefficient (Wildman–Crippen LogP) is 2.94. The van der Waals surface area contributed by atoms with Gasteiger partial charge >= 0.3 is 0 Å². The summed E-state index contributed by atoms with van der Waals surface area (Å²) < 4.78 is 0. The van der Waals surface area contributed by atoms with Crippen molar-refractivity contribution in [2.45, 2.75) is 6.42 Å². The minimum atomic E-state index is -0.303. The molecule has 28 heavy (non-hydrogen) atoms. The van der Waals surface area contributed by atoms with Crippen LogP contribution in [0.5, 0.6) is 0 Å². The summed E-state index contributed by atoms with van der Waals surface area (Å²) in [5.74, 6) is -0.844. The zero-order valence-electron chi connectivity index (χ0n) is 15.1. The SMILES string of the molecule is CNC(=O)c1ccccc1NC(=O)Cc1csc(NC(=O)c2ccccc2)n1. The number of thiazole rings is 1. The molecule has 0 aliphatic heterocycles. The Balaban J connectivity index is 1.62. The lowest BCUT2D eigenvalue weighted by Gasteiger charge is -2.09. The summed E-state index contributed by atoms with van der Waals surface area (Å²) in [6.07, 6.45) is 0.0276. The lowest BCUT2D eigenvalue weighted by Crippen LogP contribution is -2.22. The van der Waals surface area contributed by atoms with Crippen molar-refractivity contribution >= 4 is 39.9 Å². The third-order valence-electron chi connectivity index (χ3n) is 3.82. The van der Waals surface area contributed by atoms with E-state index in [1.807, 2.05) is 6.07 Å². The summed E-state index contributed by atoms with van der Waals surface area (Å²) in [6.45, 7) is 0. The van der Waals surface area contributed by atoms with E-state index < -0.39 is 0 Å². The van der Waals surface area contributed by atoms with E-state index in [0.717, 1.165) is 0 Å². The number of benzene rings is 2. The molecule has 1 aromatic heterocycles. The smallest absolute Gasteiger partial charge is 0.257 e. The maximum Gasteiger partial charge on any atom is 0.257 e. The molecule has 0 spiro atoms. The van der Waals surface area contributed by atoms with E-state index in [0.29, 0.717) is 27.6 Å². The summed E-state index contributed by atoms with van der Waals surface area (Å²) in [6, 6.07) is 15.6. The van der Waals surface area contributed by atoms with Crippen molar-refractivity contribution in [1.29, 1.82) is 0 Å². The minimum Gasteiger partial charge on any atom is -0.355 e. The third-order valence-corrected chi connectivity index (χ3v) is 4.63. The van der Waals surface area contributed by atoms with Crippen LogP contribution in [0.25, 0.3) is 0 Å². The van der Waals surface area contributed by atoms with Crippen LogP contribution in [0, 0.1) is 0 Å². The van der Waals surface area contributed by atoms with Crippen LogP contribution in [0.15, 0.2) is 60.0 Å². The van der Waals surface area contributed by atoms with E-state index in [-0.39, 0.29) is 24.1 Å². The highest BCUT2D eigenvalue weighted by molar-refractivity contribution is 7.14. The Morgan fingerprint density at radius 1 is 0.929 bits per heavy atom. The largest absolute Gasteiger partial charge is 0.355 e. The Hall–Kier alpha value is -3.52. The first kappa shape index (κ1) is 19.2. The lowest BCUT2D eigenvalue weighted by atomic mass is 10.1. The number of nitrogens with one attached hydrogen (secondary N) is 3. The number of carbonyl (C=O) groups excluding carboxylic acids is 3. The molecule has 0 unspecified atom stereocenters. The molecule has 3 amide bonds. The van der Waals surface area contributed by atoms with Crippen molar-refractivity contribution in [3.8, 4) is 0 Å². The van der Waals surface area contributed by atoms with Gasteiger partial charge in [0.05, 0.1) is 23.4 Å². The summed E-state index contributed by atoms with van der Waals surface area (Å²) in [5.41, 5.74) is 1.87. The second kappa shape index (κ2) is 8.92. The van der Waals surface area contributed by atoms with Gasteiger partial charge in [-0.05, 0) is 24.3 Å². The predicted molar refractivity (Wildman–Crippen MR) is 109 cm³/mol. The molecule has 1 heterocycles. The minimum absolute atomic E-state index is 0.0276. The fraction of sp³-hybridized carbons (Fsp3) is 0.100. The number of aromatic nitrogens is 1. The van der Waals surface area contributed by atoms with Gasteiger partial charge in [0.25, 0.3) is 11.8 Å². The molecule has 142 valence electrons. The van der Waals surface area contributed by atoms with Crippen LogP contribution in [-0.4, -0.2) is 29.8 Å². The number of nitrogens with zero attached hydrogens (tertiary/aromatic N) is 1. The molecule has 0 fully saturated rings. The van der Waals surface area contributed by atoms with E-state index >= 15 is 0 Å². The molecule has 0 radical (unpaired) electrons. The standard InChI is InChI=1S/C20H18N4O3S/c1-21-19(27)15-9-5-6-10-16(15)23-17(25)11-14-12-28-20(22-14)24-18(26)13-7-3-2-4-8-13/h2-10,12H,11H2,1H3,(H,21,27)(H,23,25)(H,22,24,26). The number of para-hydroxylation sites is 1. The van der Waals surface area contributed by atoms with E-state index in [2.05, 4.69) is 20.9 Å². The van der Waals surface area contributed by atoms with E-state index in [9.17, 15) is 14.4 Å². The van der Waals surface area contributed by atoms with Gasteiger partial charge in [0.1, 0.15) is 0 Å². The highest BCUT2D eigenvalue weighted by atomic mass is 32.1. The van der Waals surface area contributed by atoms with Gasteiger partial charge in [0, 0.05) is 18.0 Å². The topological polar surface area (TPSA) is 100 Å². The normalized spacial score (nSPS) is 10.2. The number of hydrogen-bond acceptors (Lipinski definition) is 5. The van der Waals surface area contributed by atoms with Gasteiger partial charge in [-0.1, -0.05) is 30.3 Å². The molecule has 3 aromatic rings. The Bertz CT molecular complexity index is 1000. The molecule has 3 rings (SSSR count). The molecule has 0 saturated heterocycles. The molecule has 0 saturated carbocycles. The monoisotopic (exact) mass is 394 g/mol. The van der Waals surface area contributed by atoms with Gasteiger partial charge in [0.15, 0.2) is 5.13 Å². The van der Waals surface area contributed by atoms with Gasteiger partial charge in [-0.25, -0.2) is 4.98 Å². The number of anilines is 2. The van der Waals surface area contributed by atoms with E-state index in [1.54, 1.807) is 53.9 Å². The average molecular weight is 394 g/mol. The average Bonchev–Trinajstić information content (AvgIpc) is 3.15. The maximum absolute atomic E-state index is 12.3. The molecule has 2 aromatic carbocycles. The Labute approximate surface area is 165 Å². The Kier molecular flexibility index (Phi) is 6.13. The van der Waals surface area contributed by atoms with E-state index in [4.69, 9.17) is 0 Å². The molecule has 3 N–H and O–H groups in total. The first-order valence-corrected chi connectivity index (χ1v) is 9.36. The first-order chi connectivity index (χ1) is 13.6. The van der Waals surface area contributed by atoms with Crippen LogP contribution in [-0.2, 0) is 11.2 Å². The van der Waals surface area contributed by atoms with Crippen molar-refractivity contribution in [3.63, 3.8) is 0 Å². The van der Waals surface area contributed by atoms with Crippen molar-refractivity contribution in [1.82, 2.24) is 10.3 Å². The Morgan fingerprint density at radius 3 is 2.39 bits per heavy atom. The molecule has 0 bridgehead atoms. The van der Waals surface area contributed by atoms with Crippen LogP contribution in [0.3, 0.4) is 0 Å². The molecular weight excluding hydrogens is 376 g/mol. The molecule has 0 atom stereocenters. The summed E-state index contributed by atoms with van der Waals surface area (Å²) >= 11 is 1.25. The van der Waals surface area contributed by atoms with Crippen LogP contribution < -0.4 is 16.0 Å². The highest BCUT2D eigenvalue weighted by Gasteiger charge is 2.14. The van der Waals surface area contributed by atoms with Gasteiger partial charge in [-0.3, -0.25) is 19.7 Å². The van der Waals surface area contributed by atoms with Gasteiger partial charge in [0.2, 0.25) is 5.91 Å². The lowest BCUT2D eigenvalue weighted by molar-refractivity contribution is -0.115. The second-order valence-corrected chi connectivity index (χ2v) is 6.67. The fourth-order valence-electron chi connectivity index (χ4n) is 2.49. The molecular formula is C20H18N4O3S. The Morgan fingerprint density at radius 2 is 1.64 bits per heavy atom. The molecule has 0 aliphatic carbocycles. The third kappa shape index (κ3) is 4.80. The highest BCUT2D eigenvalue weighted by Crippen LogP contribution is 2.19. The first-order valence-electron chi connectivity index (χ1n) is 8.48. The van der Waals surface area contributed by atoms with Gasteiger partial charge in [-0.15, -0.1) is 11.3 Å². The zero-order chi connectivity index (χ0) is 19.9.